The normalized spacial score (nSPS) is 20.6. The van der Waals surface area contributed by atoms with Gasteiger partial charge >= 0.3 is 0 Å². The average molecular weight is 230 g/mol. The molecule has 0 saturated carbocycles. The molecule has 2 aromatic rings. The summed E-state index contributed by atoms with van der Waals surface area (Å²) in [4.78, 5) is 15.4. The highest BCUT2D eigenvalue weighted by atomic mass is 16.1. The molecular weight excluding hydrogens is 216 g/mol. The van der Waals surface area contributed by atoms with E-state index in [1.54, 1.807) is 10.6 Å². The minimum absolute atomic E-state index is 0.225. The molecule has 1 aliphatic heterocycles. The summed E-state index contributed by atoms with van der Waals surface area (Å²) in [5.41, 5.74) is 1.23. The van der Waals surface area contributed by atoms with Crippen LogP contribution in [0.5, 0.6) is 0 Å². The van der Waals surface area contributed by atoms with Crippen LogP contribution in [0.25, 0.3) is 5.65 Å². The summed E-state index contributed by atoms with van der Waals surface area (Å²) in [6, 6.07) is 3.79. The average Bonchev–Trinajstić information content (AvgIpc) is 2.83. The first kappa shape index (κ1) is 10.4. The molecule has 1 saturated heterocycles. The number of carbonyl (C=O) groups is 1. The second-order valence-electron chi connectivity index (χ2n) is 4.32. The lowest BCUT2D eigenvalue weighted by molar-refractivity contribution is 0.112. The van der Waals surface area contributed by atoms with Gasteiger partial charge in [-0.2, -0.15) is 0 Å². The van der Waals surface area contributed by atoms with Crippen LogP contribution in [0.3, 0.4) is 0 Å². The number of fused-ring (bicyclic) bond motifs is 1. The van der Waals surface area contributed by atoms with Gasteiger partial charge in [0, 0.05) is 6.20 Å². The monoisotopic (exact) mass is 230 g/mol. The maximum atomic E-state index is 10.9. The van der Waals surface area contributed by atoms with Crippen LogP contribution in [0.1, 0.15) is 41.5 Å². The zero-order valence-electron chi connectivity index (χ0n) is 9.47. The van der Waals surface area contributed by atoms with Crippen molar-refractivity contribution in [3.63, 3.8) is 0 Å². The first-order valence-corrected chi connectivity index (χ1v) is 5.92. The standard InChI is InChI=1S/C12H14N4O/c17-8-9-4-3-7-16-12(9)14-11(15-16)10-5-1-2-6-13-10/h3-4,7-8,10,13H,1-2,5-6H2. The fourth-order valence-electron chi connectivity index (χ4n) is 2.26. The molecular formula is C12H14N4O. The fourth-order valence-corrected chi connectivity index (χ4v) is 2.26. The van der Waals surface area contributed by atoms with Crippen LogP contribution in [0.4, 0.5) is 0 Å². The number of piperidine rings is 1. The largest absolute Gasteiger partial charge is 0.307 e. The summed E-state index contributed by atoms with van der Waals surface area (Å²) in [6.07, 6.45) is 6.12. The Morgan fingerprint density at radius 2 is 2.41 bits per heavy atom. The van der Waals surface area contributed by atoms with Crippen molar-refractivity contribution < 1.29 is 4.79 Å². The van der Waals surface area contributed by atoms with Crippen LogP contribution < -0.4 is 5.32 Å². The van der Waals surface area contributed by atoms with E-state index in [9.17, 15) is 4.79 Å². The highest BCUT2D eigenvalue weighted by Crippen LogP contribution is 2.21. The molecule has 1 fully saturated rings. The molecule has 1 aliphatic rings. The molecule has 0 bridgehead atoms. The van der Waals surface area contributed by atoms with E-state index in [-0.39, 0.29) is 6.04 Å². The van der Waals surface area contributed by atoms with Crippen molar-refractivity contribution in [2.24, 2.45) is 0 Å². The van der Waals surface area contributed by atoms with E-state index in [2.05, 4.69) is 15.4 Å². The number of rotatable bonds is 2. The number of hydrogen-bond donors (Lipinski definition) is 1. The highest BCUT2D eigenvalue weighted by molar-refractivity contribution is 5.83. The van der Waals surface area contributed by atoms with E-state index < -0.39 is 0 Å². The van der Waals surface area contributed by atoms with Crippen molar-refractivity contribution in [1.29, 1.82) is 0 Å². The molecule has 3 heterocycles. The third-order valence-electron chi connectivity index (χ3n) is 3.16. The van der Waals surface area contributed by atoms with Gasteiger partial charge in [-0.15, -0.1) is 5.10 Å². The van der Waals surface area contributed by atoms with E-state index >= 15 is 0 Å². The van der Waals surface area contributed by atoms with E-state index in [0.717, 1.165) is 25.1 Å². The molecule has 0 aromatic carbocycles. The van der Waals surface area contributed by atoms with Gasteiger partial charge in [-0.3, -0.25) is 4.79 Å². The van der Waals surface area contributed by atoms with Crippen LogP contribution in [-0.4, -0.2) is 27.4 Å². The first-order chi connectivity index (χ1) is 8.38. The van der Waals surface area contributed by atoms with Gasteiger partial charge in [-0.1, -0.05) is 6.42 Å². The molecule has 1 unspecified atom stereocenters. The zero-order chi connectivity index (χ0) is 11.7. The van der Waals surface area contributed by atoms with Gasteiger partial charge in [0.2, 0.25) is 0 Å². The van der Waals surface area contributed by atoms with Crippen molar-refractivity contribution in [3.8, 4) is 0 Å². The summed E-state index contributed by atoms with van der Waals surface area (Å²) in [7, 11) is 0. The minimum Gasteiger partial charge on any atom is -0.307 e. The predicted molar refractivity (Wildman–Crippen MR) is 63.0 cm³/mol. The van der Waals surface area contributed by atoms with Gasteiger partial charge in [0.1, 0.15) is 0 Å². The molecule has 0 amide bonds. The van der Waals surface area contributed by atoms with Gasteiger partial charge in [-0.25, -0.2) is 9.50 Å². The molecule has 1 atom stereocenters. The van der Waals surface area contributed by atoms with E-state index in [1.165, 1.54) is 12.8 Å². The molecule has 3 rings (SSSR count). The van der Waals surface area contributed by atoms with Crippen molar-refractivity contribution in [3.05, 3.63) is 29.7 Å². The number of aldehydes is 1. The molecule has 0 spiro atoms. The second-order valence-corrected chi connectivity index (χ2v) is 4.32. The molecule has 5 nitrogen and oxygen atoms in total. The van der Waals surface area contributed by atoms with Gasteiger partial charge in [0.15, 0.2) is 17.8 Å². The Morgan fingerprint density at radius 3 is 3.18 bits per heavy atom. The van der Waals surface area contributed by atoms with Gasteiger partial charge < -0.3 is 5.32 Å². The fraction of sp³-hybridized carbons (Fsp3) is 0.417. The Labute approximate surface area is 98.9 Å². The van der Waals surface area contributed by atoms with Crippen LogP contribution in [0.15, 0.2) is 18.3 Å². The maximum Gasteiger partial charge on any atom is 0.168 e. The number of carbonyl (C=O) groups excluding carboxylic acids is 1. The van der Waals surface area contributed by atoms with Crippen molar-refractivity contribution in [2.45, 2.75) is 25.3 Å². The first-order valence-electron chi connectivity index (χ1n) is 5.92. The van der Waals surface area contributed by atoms with Gasteiger partial charge in [0.05, 0.1) is 11.6 Å². The zero-order valence-corrected chi connectivity index (χ0v) is 9.47. The lowest BCUT2D eigenvalue weighted by Crippen LogP contribution is -2.27. The number of aromatic nitrogens is 3. The van der Waals surface area contributed by atoms with Crippen LogP contribution >= 0.6 is 0 Å². The van der Waals surface area contributed by atoms with Crippen LogP contribution in [0.2, 0.25) is 0 Å². The maximum absolute atomic E-state index is 10.9. The Balaban J connectivity index is 2.03. The lowest BCUT2D eigenvalue weighted by atomic mass is 10.0. The Bertz CT molecular complexity index is 542. The summed E-state index contributed by atoms with van der Waals surface area (Å²) >= 11 is 0. The molecule has 17 heavy (non-hydrogen) atoms. The summed E-state index contributed by atoms with van der Waals surface area (Å²) in [5.74, 6) is 0.791. The Kier molecular flexibility index (Phi) is 2.60. The van der Waals surface area contributed by atoms with E-state index in [0.29, 0.717) is 11.2 Å². The third-order valence-corrected chi connectivity index (χ3v) is 3.16. The SMILES string of the molecule is O=Cc1cccn2nc(C3CCCCN3)nc12. The number of pyridine rings is 1. The molecule has 2 aromatic heterocycles. The quantitative estimate of drug-likeness (QED) is 0.791. The lowest BCUT2D eigenvalue weighted by Gasteiger charge is -2.20. The summed E-state index contributed by atoms with van der Waals surface area (Å²) in [6.45, 7) is 1.01. The Hall–Kier alpha value is -1.75. The topological polar surface area (TPSA) is 59.3 Å². The highest BCUT2D eigenvalue weighted by Gasteiger charge is 2.19. The van der Waals surface area contributed by atoms with Gasteiger partial charge in [-0.05, 0) is 31.5 Å². The van der Waals surface area contributed by atoms with Crippen LogP contribution in [-0.2, 0) is 0 Å². The Morgan fingerprint density at radius 1 is 1.47 bits per heavy atom. The molecule has 0 aliphatic carbocycles. The predicted octanol–water partition coefficient (Wildman–Crippen LogP) is 1.36. The van der Waals surface area contributed by atoms with Gasteiger partial charge in [0.25, 0.3) is 0 Å². The number of nitrogens with one attached hydrogen (secondary N) is 1. The smallest absolute Gasteiger partial charge is 0.168 e. The van der Waals surface area contributed by atoms with E-state index in [4.69, 9.17) is 0 Å². The molecule has 5 heteroatoms. The van der Waals surface area contributed by atoms with Crippen molar-refractivity contribution in [1.82, 2.24) is 19.9 Å². The minimum atomic E-state index is 0.225. The second kappa shape index (κ2) is 4.25. The van der Waals surface area contributed by atoms with Crippen molar-refractivity contribution >= 4 is 11.9 Å². The molecule has 0 radical (unpaired) electrons. The molecule has 88 valence electrons. The third kappa shape index (κ3) is 1.82. The summed E-state index contributed by atoms with van der Waals surface area (Å²) < 4.78 is 1.68. The van der Waals surface area contributed by atoms with Crippen molar-refractivity contribution in [2.75, 3.05) is 6.54 Å². The van der Waals surface area contributed by atoms with Crippen LogP contribution in [0, 0.1) is 0 Å². The molecule has 1 N–H and O–H groups in total. The van der Waals surface area contributed by atoms with E-state index in [1.807, 2.05) is 12.3 Å². The number of hydrogen-bond acceptors (Lipinski definition) is 4. The number of nitrogens with zero attached hydrogens (tertiary/aromatic N) is 3. The summed E-state index contributed by atoms with van der Waals surface area (Å²) in [5, 5.41) is 7.84.